The van der Waals surface area contributed by atoms with Gasteiger partial charge >= 0.3 is 0 Å². The largest absolute Gasteiger partial charge is 0.494 e. The van der Waals surface area contributed by atoms with Crippen LogP contribution in [0.1, 0.15) is 12.5 Å². The standard InChI is InChI=1S/C22H27N3O4/c1-4-28-18-8-5-16(6-9-18)13-21(26)23-17-7-10-19-20(14-17)29-15-22(27)25(19)12-11-24(2)3/h5-10,14H,4,11-13,15H2,1-3H3,(H,23,26). The van der Waals surface area contributed by atoms with Crippen molar-refractivity contribution in [3.8, 4) is 11.5 Å². The van der Waals surface area contributed by atoms with E-state index in [2.05, 4.69) is 5.32 Å². The molecule has 7 nitrogen and oxygen atoms in total. The van der Waals surface area contributed by atoms with Crippen LogP contribution in [0.25, 0.3) is 0 Å². The average molecular weight is 397 g/mol. The molecular weight excluding hydrogens is 370 g/mol. The van der Waals surface area contributed by atoms with E-state index in [0.29, 0.717) is 24.6 Å². The van der Waals surface area contributed by atoms with E-state index in [4.69, 9.17) is 9.47 Å². The number of carbonyl (C=O) groups is 2. The zero-order valence-corrected chi connectivity index (χ0v) is 17.1. The molecule has 2 aromatic carbocycles. The molecule has 0 saturated carbocycles. The highest BCUT2D eigenvalue weighted by molar-refractivity contribution is 5.99. The number of likely N-dealkylation sites (N-methyl/N-ethyl adjacent to an activating group) is 1. The van der Waals surface area contributed by atoms with E-state index in [1.165, 1.54) is 0 Å². The first-order valence-corrected chi connectivity index (χ1v) is 9.70. The van der Waals surface area contributed by atoms with E-state index in [1.807, 2.05) is 56.3 Å². The van der Waals surface area contributed by atoms with Gasteiger partial charge in [0.2, 0.25) is 5.91 Å². The molecule has 0 unspecified atom stereocenters. The number of benzene rings is 2. The van der Waals surface area contributed by atoms with Gasteiger partial charge in [-0.2, -0.15) is 0 Å². The summed E-state index contributed by atoms with van der Waals surface area (Å²) in [5, 5.41) is 2.89. The van der Waals surface area contributed by atoms with E-state index < -0.39 is 0 Å². The predicted molar refractivity (Wildman–Crippen MR) is 113 cm³/mol. The van der Waals surface area contributed by atoms with Gasteiger partial charge in [0.05, 0.1) is 18.7 Å². The van der Waals surface area contributed by atoms with Crippen molar-refractivity contribution in [2.75, 3.05) is 50.6 Å². The Bertz CT molecular complexity index is 865. The number of amides is 2. The molecule has 0 spiro atoms. The minimum absolute atomic E-state index is 0.00398. The fourth-order valence-electron chi connectivity index (χ4n) is 3.09. The minimum atomic E-state index is -0.120. The van der Waals surface area contributed by atoms with E-state index >= 15 is 0 Å². The monoisotopic (exact) mass is 397 g/mol. The van der Waals surface area contributed by atoms with E-state index in [0.717, 1.165) is 23.5 Å². The highest BCUT2D eigenvalue weighted by Gasteiger charge is 2.25. The van der Waals surface area contributed by atoms with E-state index in [1.54, 1.807) is 17.0 Å². The molecule has 2 amide bonds. The fourth-order valence-corrected chi connectivity index (χ4v) is 3.09. The molecule has 1 aliphatic rings. The Kier molecular flexibility index (Phi) is 6.72. The van der Waals surface area contributed by atoms with Crippen LogP contribution in [-0.4, -0.2) is 57.1 Å². The lowest BCUT2D eigenvalue weighted by Gasteiger charge is -2.30. The summed E-state index contributed by atoms with van der Waals surface area (Å²) >= 11 is 0. The van der Waals surface area contributed by atoms with Crippen LogP contribution in [0.15, 0.2) is 42.5 Å². The molecule has 154 valence electrons. The van der Waals surface area contributed by atoms with Gasteiger partial charge in [0.25, 0.3) is 5.91 Å². The van der Waals surface area contributed by atoms with Gasteiger partial charge in [0.1, 0.15) is 11.5 Å². The second kappa shape index (κ2) is 9.43. The molecule has 0 fully saturated rings. The summed E-state index contributed by atoms with van der Waals surface area (Å²) in [5.41, 5.74) is 2.27. The topological polar surface area (TPSA) is 71.1 Å². The van der Waals surface area contributed by atoms with Crippen LogP contribution in [-0.2, 0) is 16.0 Å². The number of fused-ring (bicyclic) bond motifs is 1. The molecule has 0 radical (unpaired) electrons. The molecule has 0 atom stereocenters. The third kappa shape index (κ3) is 5.48. The fraction of sp³-hybridized carbons (Fsp3) is 0.364. The Balaban J connectivity index is 1.64. The van der Waals surface area contributed by atoms with Gasteiger partial charge in [-0.15, -0.1) is 0 Å². The molecule has 2 aromatic rings. The lowest BCUT2D eigenvalue weighted by atomic mass is 10.1. The smallest absolute Gasteiger partial charge is 0.265 e. The number of ether oxygens (including phenoxy) is 2. The molecule has 1 N–H and O–H groups in total. The molecule has 1 heterocycles. The summed E-state index contributed by atoms with van der Waals surface area (Å²) in [5.74, 6) is 1.20. The molecule has 7 heteroatoms. The number of hydrogen-bond donors (Lipinski definition) is 1. The van der Waals surface area contributed by atoms with Crippen molar-refractivity contribution in [1.29, 1.82) is 0 Å². The summed E-state index contributed by atoms with van der Waals surface area (Å²) in [6, 6.07) is 12.9. The molecule has 29 heavy (non-hydrogen) atoms. The van der Waals surface area contributed by atoms with Gasteiger partial charge in [-0.05, 0) is 50.8 Å². The van der Waals surface area contributed by atoms with Gasteiger partial charge in [0.15, 0.2) is 6.61 Å². The Labute approximate surface area is 171 Å². The lowest BCUT2D eigenvalue weighted by molar-refractivity contribution is -0.121. The van der Waals surface area contributed by atoms with Crippen LogP contribution in [0.2, 0.25) is 0 Å². The van der Waals surface area contributed by atoms with Crippen molar-refractivity contribution < 1.29 is 19.1 Å². The van der Waals surface area contributed by atoms with Crippen LogP contribution < -0.4 is 19.7 Å². The maximum absolute atomic E-state index is 12.4. The highest BCUT2D eigenvalue weighted by Crippen LogP contribution is 2.34. The summed E-state index contributed by atoms with van der Waals surface area (Å²) in [4.78, 5) is 28.4. The average Bonchev–Trinajstić information content (AvgIpc) is 2.69. The van der Waals surface area contributed by atoms with Crippen molar-refractivity contribution in [2.24, 2.45) is 0 Å². The number of nitrogens with zero attached hydrogens (tertiary/aromatic N) is 2. The van der Waals surface area contributed by atoms with Crippen LogP contribution in [0, 0.1) is 0 Å². The Morgan fingerprint density at radius 1 is 1.21 bits per heavy atom. The lowest BCUT2D eigenvalue weighted by Crippen LogP contribution is -2.42. The van der Waals surface area contributed by atoms with Gasteiger partial charge in [-0.1, -0.05) is 12.1 Å². The van der Waals surface area contributed by atoms with Gasteiger partial charge in [-0.3, -0.25) is 9.59 Å². The SMILES string of the molecule is CCOc1ccc(CC(=O)Nc2ccc3c(c2)OCC(=O)N3CCN(C)C)cc1. The van der Waals surface area contributed by atoms with Crippen LogP contribution >= 0.6 is 0 Å². The zero-order valence-electron chi connectivity index (χ0n) is 17.1. The molecular formula is C22H27N3O4. The van der Waals surface area contributed by atoms with E-state index in [9.17, 15) is 9.59 Å². The quantitative estimate of drug-likeness (QED) is 0.741. The van der Waals surface area contributed by atoms with Gasteiger partial charge < -0.3 is 24.6 Å². The summed E-state index contributed by atoms with van der Waals surface area (Å²) < 4.78 is 11.0. The zero-order chi connectivity index (χ0) is 20.8. The maximum Gasteiger partial charge on any atom is 0.265 e. The number of rotatable bonds is 8. The number of nitrogens with one attached hydrogen (secondary N) is 1. The second-order valence-electron chi connectivity index (χ2n) is 7.12. The molecule has 3 rings (SSSR count). The molecule has 0 saturated heterocycles. The van der Waals surface area contributed by atoms with Gasteiger partial charge in [0, 0.05) is 24.8 Å². The number of anilines is 2. The second-order valence-corrected chi connectivity index (χ2v) is 7.12. The first-order chi connectivity index (χ1) is 14.0. The Morgan fingerprint density at radius 3 is 2.66 bits per heavy atom. The van der Waals surface area contributed by atoms with Crippen LogP contribution in [0.4, 0.5) is 11.4 Å². The predicted octanol–water partition coefficient (Wildman–Crippen LogP) is 2.55. The van der Waals surface area contributed by atoms with E-state index in [-0.39, 0.29) is 24.8 Å². The maximum atomic E-state index is 12.4. The first kappa shape index (κ1) is 20.7. The van der Waals surface area contributed by atoms with Crippen molar-refractivity contribution in [3.63, 3.8) is 0 Å². The Morgan fingerprint density at radius 2 is 1.97 bits per heavy atom. The summed E-state index contributed by atoms with van der Waals surface area (Å²) in [7, 11) is 3.93. The van der Waals surface area contributed by atoms with Crippen molar-refractivity contribution in [3.05, 3.63) is 48.0 Å². The third-order valence-corrected chi connectivity index (χ3v) is 4.56. The first-order valence-electron chi connectivity index (χ1n) is 9.70. The van der Waals surface area contributed by atoms with Crippen molar-refractivity contribution in [1.82, 2.24) is 4.90 Å². The Hall–Kier alpha value is -3.06. The molecule has 0 aromatic heterocycles. The van der Waals surface area contributed by atoms with Crippen LogP contribution in [0.3, 0.4) is 0 Å². The molecule has 1 aliphatic heterocycles. The number of hydrogen-bond acceptors (Lipinski definition) is 5. The molecule has 0 aliphatic carbocycles. The highest BCUT2D eigenvalue weighted by atomic mass is 16.5. The van der Waals surface area contributed by atoms with Crippen LogP contribution in [0.5, 0.6) is 11.5 Å². The van der Waals surface area contributed by atoms with Crippen molar-refractivity contribution in [2.45, 2.75) is 13.3 Å². The van der Waals surface area contributed by atoms with Crippen molar-refractivity contribution >= 4 is 23.2 Å². The molecule has 0 bridgehead atoms. The summed E-state index contributed by atoms with van der Waals surface area (Å²) in [6.07, 6.45) is 0.262. The summed E-state index contributed by atoms with van der Waals surface area (Å²) in [6.45, 7) is 3.89. The minimum Gasteiger partial charge on any atom is -0.494 e. The third-order valence-electron chi connectivity index (χ3n) is 4.56. The van der Waals surface area contributed by atoms with Gasteiger partial charge in [-0.25, -0.2) is 0 Å². The normalized spacial score (nSPS) is 13.1. The number of carbonyl (C=O) groups excluding carboxylic acids is 2.